The Morgan fingerprint density at radius 2 is 1.96 bits per heavy atom. The largest absolute Gasteiger partial charge is 0.357 e. The minimum absolute atomic E-state index is 0. The van der Waals surface area contributed by atoms with Gasteiger partial charge < -0.3 is 10.6 Å². The maximum absolute atomic E-state index is 4.68. The van der Waals surface area contributed by atoms with Gasteiger partial charge in [-0.25, -0.2) is 15.0 Å². The summed E-state index contributed by atoms with van der Waals surface area (Å²) in [7, 11) is 0. The van der Waals surface area contributed by atoms with Crippen molar-refractivity contribution in [2.24, 2.45) is 4.99 Å². The quantitative estimate of drug-likeness (QED) is 0.361. The van der Waals surface area contributed by atoms with Gasteiger partial charge in [-0.15, -0.1) is 46.7 Å². The first-order valence-electron chi connectivity index (χ1n) is 8.01. The average molecular weight is 479 g/mol. The number of thiazole rings is 2. The van der Waals surface area contributed by atoms with E-state index in [4.69, 9.17) is 0 Å². The number of guanidine groups is 1. The normalized spacial score (nSPS) is 11.2. The molecule has 0 atom stereocenters. The highest BCUT2D eigenvalue weighted by molar-refractivity contribution is 14.0. The van der Waals surface area contributed by atoms with E-state index in [2.05, 4.69) is 53.3 Å². The molecule has 0 aromatic carbocycles. The van der Waals surface area contributed by atoms with Gasteiger partial charge in [-0.2, -0.15) is 0 Å². The fourth-order valence-electron chi connectivity index (χ4n) is 2.17. The summed E-state index contributed by atoms with van der Waals surface area (Å²) in [6.45, 7) is 10.7. The first-order valence-corrected chi connectivity index (χ1v) is 9.64. The molecule has 2 N–H and O–H groups in total. The molecule has 0 unspecified atom stereocenters. The monoisotopic (exact) mass is 479 g/mol. The highest BCUT2D eigenvalue weighted by atomic mass is 127. The van der Waals surface area contributed by atoms with Crippen molar-refractivity contribution in [2.45, 2.75) is 47.1 Å². The zero-order chi connectivity index (χ0) is 16.7. The molecule has 2 aromatic rings. The lowest BCUT2D eigenvalue weighted by Crippen LogP contribution is -2.38. The lowest BCUT2D eigenvalue weighted by molar-refractivity contribution is 0.793. The Kier molecular flexibility index (Phi) is 9.75. The Morgan fingerprint density at radius 3 is 2.54 bits per heavy atom. The van der Waals surface area contributed by atoms with Gasteiger partial charge in [-0.05, 0) is 27.2 Å². The zero-order valence-electron chi connectivity index (χ0n) is 14.7. The lowest BCUT2D eigenvalue weighted by atomic mass is 10.3. The van der Waals surface area contributed by atoms with E-state index in [1.54, 1.807) is 22.7 Å². The highest BCUT2D eigenvalue weighted by Crippen LogP contribution is 2.18. The molecule has 0 spiro atoms. The van der Waals surface area contributed by atoms with Crippen LogP contribution >= 0.6 is 46.7 Å². The molecule has 5 nitrogen and oxygen atoms in total. The van der Waals surface area contributed by atoms with E-state index in [1.807, 2.05) is 6.20 Å². The molecule has 0 aliphatic carbocycles. The average Bonchev–Trinajstić information content (AvgIpc) is 3.10. The molecule has 0 saturated heterocycles. The van der Waals surface area contributed by atoms with Crippen LogP contribution in [0, 0.1) is 13.8 Å². The third kappa shape index (κ3) is 6.64. The molecule has 0 radical (unpaired) electrons. The van der Waals surface area contributed by atoms with E-state index in [1.165, 1.54) is 20.5 Å². The van der Waals surface area contributed by atoms with Crippen LogP contribution in [0.2, 0.25) is 0 Å². The summed E-state index contributed by atoms with van der Waals surface area (Å²) in [5, 5.41) is 8.88. The van der Waals surface area contributed by atoms with Crippen molar-refractivity contribution in [2.75, 3.05) is 13.1 Å². The van der Waals surface area contributed by atoms with Crippen LogP contribution < -0.4 is 10.6 Å². The second kappa shape index (κ2) is 11.0. The van der Waals surface area contributed by atoms with Gasteiger partial charge in [0.1, 0.15) is 5.01 Å². The summed E-state index contributed by atoms with van der Waals surface area (Å²) in [5.41, 5.74) is 1.23. The van der Waals surface area contributed by atoms with Crippen molar-refractivity contribution in [3.8, 4) is 0 Å². The minimum Gasteiger partial charge on any atom is -0.357 e. The van der Waals surface area contributed by atoms with Crippen LogP contribution in [0.15, 0.2) is 11.2 Å². The van der Waals surface area contributed by atoms with Gasteiger partial charge >= 0.3 is 0 Å². The van der Waals surface area contributed by atoms with Crippen LogP contribution in [-0.2, 0) is 19.4 Å². The Bertz CT molecular complexity index is 651. The van der Waals surface area contributed by atoms with Crippen LogP contribution in [-0.4, -0.2) is 29.0 Å². The molecule has 0 aliphatic rings. The van der Waals surface area contributed by atoms with Crippen LogP contribution in [0.25, 0.3) is 0 Å². The van der Waals surface area contributed by atoms with Gasteiger partial charge in [0.25, 0.3) is 0 Å². The Morgan fingerprint density at radius 1 is 1.17 bits per heavy atom. The van der Waals surface area contributed by atoms with E-state index in [9.17, 15) is 0 Å². The van der Waals surface area contributed by atoms with Crippen molar-refractivity contribution in [1.29, 1.82) is 0 Å². The molecule has 0 fully saturated rings. The second-order valence-corrected chi connectivity index (χ2v) is 7.81. The van der Waals surface area contributed by atoms with E-state index < -0.39 is 0 Å². The van der Waals surface area contributed by atoms with Gasteiger partial charge in [0, 0.05) is 35.5 Å². The molecule has 2 heterocycles. The predicted octanol–water partition coefficient (Wildman–Crippen LogP) is 3.69. The number of hydrogen-bond acceptors (Lipinski definition) is 5. The Labute approximate surface area is 169 Å². The Hall–Kier alpha value is -0.740. The van der Waals surface area contributed by atoms with E-state index >= 15 is 0 Å². The zero-order valence-corrected chi connectivity index (χ0v) is 18.6. The molecule has 0 amide bonds. The number of nitrogens with zero attached hydrogens (tertiary/aromatic N) is 3. The summed E-state index contributed by atoms with van der Waals surface area (Å²) in [4.78, 5) is 16.2. The third-order valence-electron chi connectivity index (χ3n) is 3.29. The first-order chi connectivity index (χ1) is 11.1. The number of hydrogen-bond donors (Lipinski definition) is 2. The number of rotatable bonds is 7. The molecular formula is C16H26IN5S2. The summed E-state index contributed by atoms with van der Waals surface area (Å²) < 4.78 is 0. The lowest BCUT2D eigenvalue weighted by Gasteiger charge is -2.10. The van der Waals surface area contributed by atoms with E-state index in [-0.39, 0.29) is 24.0 Å². The molecular weight excluding hydrogens is 453 g/mol. The van der Waals surface area contributed by atoms with Crippen molar-refractivity contribution < 1.29 is 0 Å². The predicted molar refractivity (Wildman–Crippen MR) is 115 cm³/mol. The number of halogens is 1. The number of aliphatic imine (C=N–C) groups is 1. The van der Waals surface area contributed by atoms with Gasteiger partial charge in [0.05, 0.1) is 17.2 Å². The van der Waals surface area contributed by atoms with Gasteiger partial charge in [0.2, 0.25) is 0 Å². The standard InChI is InChI=1S/C16H25N5S2.HI/c1-5-13-12(4)23-14(21-13)7-8-18-16(17-6-2)20-10-15-19-9-11(3)22-15;/h9H,5-8,10H2,1-4H3,(H2,17,18,20);1H. The molecule has 0 bridgehead atoms. The van der Waals surface area contributed by atoms with Crippen molar-refractivity contribution in [3.63, 3.8) is 0 Å². The topological polar surface area (TPSA) is 62.2 Å². The van der Waals surface area contributed by atoms with Gasteiger partial charge in [0.15, 0.2) is 5.96 Å². The van der Waals surface area contributed by atoms with Crippen LogP contribution in [0.5, 0.6) is 0 Å². The highest BCUT2D eigenvalue weighted by Gasteiger charge is 2.06. The van der Waals surface area contributed by atoms with Crippen molar-refractivity contribution in [1.82, 2.24) is 20.6 Å². The van der Waals surface area contributed by atoms with Gasteiger partial charge in [-0.3, -0.25) is 0 Å². The maximum atomic E-state index is 4.68. The number of aryl methyl sites for hydroxylation is 3. The third-order valence-corrected chi connectivity index (χ3v) is 5.26. The fraction of sp³-hybridized carbons (Fsp3) is 0.562. The Balaban J connectivity index is 0.00000288. The van der Waals surface area contributed by atoms with Crippen molar-refractivity contribution in [3.05, 3.63) is 31.7 Å². The minimum atomic E-state index is 0. The summed E-state index contributed by atoms with van der Waals surface area (Å²) >= 11 is 3.49. The molecule has 0 aliphatic heterocycles. The van der Waals surface area contributed by atoms with E-state index in [0.29, 0.717) is 6.54 Å². The van der Waals surface area contributed by atoms with Crippen LogP contribution in [0.4, 0.5) is 0 Å². The summed E-state index contributed by atoms with van der Waals surface area (Å²) in [6.07, 6.45) is 3.82. The van der Waals surface area contributed by atoms with E-state index in [0.717, 1.165) is 36.9 Å². The number of aromatic nitrogens is 2. The fourth-order valence-corrected chi connectivity index (χ4v) is 3.91. The molecule has 8 heteroatoms. The second-order valence-electron chi connectivity index (χ2n) is 5.20. The van der Waals surface area contributed by atoms with Crippen molar-refractivity contribution >= 4 is 52.6 Å². The van der Waals surface area contributed by atoms with Crippen LogP contribution in [0.1, 0.15) is 39.3 Å². The molecule has 24 heavy (non-hydrogen) atoms. The van der Waals surface area contributed by atoms with Gasteiger partial charge in [-0.1, -0.05) is 6.92 Å². The summed E-state index contributed by atoms with van der Waals surface area (Å²) in [6, 6.07) is 0. The number of nitrogens with one attached hydrogen (secondary N) is 2. The molecule has 134 valence electrons. The summed E-state index contributed by atoms with van der Waals surface area (Å²) in [5.74, 6) is 0.837. The SMILES string of the molecule is CCNC(=NCc1ncc(C)s1)NCCc1nc(CC)c(C)s1.I. The smallest absolute Gasteiger partial charge is 0.191 e. The molecule has 2 aromatic heterocycles. The first kappa shape index (κ1) is 21.3. The molecule has 2 rings (SSSR count). The van der Waals surface area contributed by atoms with Crippen LogP contribution in [0.3, 0.4) is 0 Å². The maximum Gasteiger partial charge on any atom is 0.191 e. The molecule has 0 saturated carbocycles.